The number of pyridine rings is 1. The minimum absolute atomic E-state index is 0.0571. The van der Waals surface area contributed by atoms with Crippen LogP contribution in [0, 0.1) is 6.92 Å². The van der Waals surface area contributed by atoms with Crippen molar-refractivity contribution in [1.29, 1.82) is 0 Å². The fraction of sp³-hybridized carbons (Fsp3) is 0.154. The van der Waals surface area contributed by atoms with E-state index in [1.54, 1.807) is 0 Å². The highest BCUT2D eigenvalue weighted by Gasteiger charge is 2.33. The summed E-state index contributed by atoms with van der Waals surface area (Å²) in [5, 5.41) is 0.195. The van der Waals surface area contributed by atoms with Crippen molar-refractivity contribution in [2.45, 2.75) is 18.0 Å². The molecule has 0 aliphatic carbocycles. The van der Waals surface area contributed by atoms with Gasteiger partial charge in [-0.3, -0.25) is 9.71 Å². The van der Waals surface area contributed by atoms with Crippen molar-refractivity contribution < 1.29 is 21.6 Å². The Labute approximate surface area is 130 Å². The summed E-state index contributed by atoms with van der Waals surface area (Å²) in [6.45, 7) is 1.26. The maximum Gasteiger partial charge on any atom is 0.416 e. The van der Waals surface area contributed by atoms with E-state index < -0.39 is 26.7 Å². The van der Waals surface area contributed by atoms with Crippen LogP contribution in [0.1, 0.15) is 11.1 Å². The van der Waals surface area contributed by atoms with Crippen molar-refractivity contribution in [3.8, 4) is 0 Å². The van der Waals surface area contributed by atoms with Gasteiger partial charge in [-0.25, -0.2) is 8.42 Å². The third-order valence-corrected chi connectivity index (χ3v) is 4.37. The molecular formula is C13H10ClF3N2O2S. The first-order valence-electron chi connectivity index (χ1n) is 5.91. The van der Waals surface area contributed by atoms with Crippen LogP contribution in [-0.2, 0) is 16.2 Å². The summed E-state index contributed by atoms with van der Waals surface area (Å²) in [5.74, 6) is 0. The zero-order valence-electron chi connectivity index (χ0n) is 11.1. The van der Waals surface area contributed by atoms with Gasteiger partial charge in [-0.1, -0.05) is 17.7 Å². The molecule has 0 radical (unpaired) electrons. The van der Waals surface area contributed by atoms with Gasteiger partial charge in [0.15, 0.2) is 0 Å². The highest BCUT2D eigenvalue weighted by Crippen LogP contribution is 2.33. The van der Waals surface area contributed by atoms with Crippen LogP contribution >= 0.6 is 11.6 Å². The van der Waals surface area contributed by atoms with Gasteiger partial charge in [-0.05, 0) is 30.7 Å². The van der Waals surface area contributed by atoms with Crippen molar-refractivity contribution in [3.05, 3.63) is 52.8 Å². The molecule has 2 aromatic rings. The minimum Gasteiger partial charge on any atom is -0.278 e. The Morgan fingerprint density at radius 2 is 1.86 bits per heavy atom. The molecule has 0 saturated carbocycles. The molecule has 4 nitrogen and oxygen atoms in total. The third kappa shape index (κ3) is 3.69. The Balaban J connectivity index is 2.42. The lowest BCUT2D eigenvalue weighted by Crippen LogP contribution is -2.15. The molecule has 0 bridgehead atoms. The van der Waals surface area contributed by atoms with Crippen LogP contribution in [0.2, 0.25) is 5.02 Å². The molecule has 22 heavy (non-hydrogen) atoms. The molecule has 9 heteroatoms. The number of nitrogens with zero attached hydrogens (tertiary/aromatic N) is 1. The zero-order chi connectivity index (χ0) is 16.5. The number of alkyl halides is 3. The van der Waals surface area contributed by atoms with E-state index >= 15 is 0 Å². The highest BCUT2D eigenvalue weighted by atomic mass is 35.5. The normalized spacial score (nSPS) is 12.2. The Hall–Kier alpha value is -1.80. The topological polar surface area (TPSA) is 59.1 Å². The average Bonchev–Trinajstić information content (AvgIpc) is 2.36. The second kappa shape index (κ2) is 5.77. The number of hydrogen-bond acceptors (Lipinski definition) is 3. The summed E-state index contributed by atoms with van der Waals surface area (Å²) < 4.78 is 65.0. The number of anilines is 1. The molecule has 1 heterocycles. The predicted molar refractivity (Wildman–Crippen MR) is 76.2 cm³/mol. The molecule has 0 amide bonds. The quantitative estimate of drug-likeness (QED) is 0.914. The second-order valence-electron chi connectivity index (χ2n) is 4.47. The molecule has 1 aromatic carbocycles. The molecule has 1 N–H and O–H groups in total. The van der Waals surface area contributed by atoms with Gasteiger partial charge in [0.05, 0.1) is 27.4 Å². The van der Waals surface area contributed by atoms with Crippen LogP contribution in [-0.4, -0.2) is 13.4 Å². The molecule has 0 aliphatic heterocycles. The van der Waals surface area contributed by atoms with E-state index in [1.165, 1.54) is 25.4 Å². The van der Waals surface area contributed by atoms with Crippen molar-refractivity contribution in [3.63, 3.8) is 0 Å². The molecule has 0 saturated heterocycles. The van der Waals surface area contributed by atoms with Gasteiger partial charge < -0.3 is 0 Å². The minimum atomic E-state index is -4.63. The number of rotatable bonds is 3. The largest absolute Gasteiger partial charge is 0.416 e. The Kier molecular flexibility index (Phi) is 4.35. The van der Waals surface area contributed by atoms with Gasteiger partial charge >= 0.3 is 6.18 Å². The van der Waals surface area contributed by atoms with E-state index in [9.17, 15) is 21.6 Å². The van der Waals surface area contributed by atoms with E-state index in [0.717, 1.165) is 12.1 Å². The number of nitrogens with one attached hydrogen (secondary N) is 1. The highest BCUT2D eigenvalue weighted by molar-refractivity contribution is 7.92. The van der Waals surface area contributed by atoms with Crippen molar-refractivity contribution in [2.75, 3.05) is 4.72 Å². The van der Waals surface area contributed by atoms with Crippen LogP contribution in [0.3, 0.4) is 0 Å². The van der Waals surface area contributed by atoms with Gasteiger partial charge in [0.1, 0.15) is 0 Å². The fourth-order valence-electron chi connectivity index (χ4n) is 1.76. The maximum absolute atomic E-state index is 12.9. The molecule has 118 valence electrons. The summed E-state index contributed by atoms with van der Waals surface area (Å²) >= 11 is 5.68. The molecule has 0 spiro atoms. The second-order valence-corrected chi connectivity index (χ2v) is 6.59. The average molecular weight is 351 g/mol. The molecule has 0 atom stereocenters. The van der Waals surface area contributed by atoms with Crippen LogP contribution in [0.25, 0.3) is 0 Å². The molecule has 1 aromatic heterocycles. The lowest BCUT2D eigenvalue weighted by atomic mass is 10.1. The first kappa shape index (κ1) is 16.6. The number of benzene rings is 1. The lowest BCUT2D eigenvalue weighted by molar-refractivity contribution is -0.138. The van der Waals surface area contributed by atoms with Gasteiger partial charge in [-0.2, -0.15) is 13.2 Å². The van der Waals surface area contributed by atoms with Gasteiger partial charge in [0.2, 0.25) is 0 Å². The van der Waals surface area contributed by atoms with Crippen molar-refractivity contribution in [1.82, 2.24) is 4.98 Å². The van der Waals surface area contributed by atoms with E-state index in [2.05, 4.69) is 9.71 Å². The van der Waals surface area contributed by atoms with Crippen LogP contribution in [0.5, 0.6) is 0 Å². The van der Waals surface area contributed by atoms with Gasteiger partial charge in [0.25, 0.3) is 10.0 Å². The number of aryl methyl sites for hydroxylation is 1. The standard InChI is InChI=1S/C13H10ClF3N2O2S/c1-8-2-3-11(5-12(8)13(15,16)17)22(20,21)19-10-4-9(14)6-18-7-10/h2-7,19H,1H3. The number of hydrogen-bond donors (Lipinski definition) is 1. The maximum atomic E-state index is 12.9. The van der Waals surface area contributed by atoms with Crippen LogP contribution in [0.4, 0.5) is 18.9 Å². The molecular weight excluding hydrogens is 341 g/mol. The summed E-state index contributed by atoms with van der Waals surface area (Å²) in [6, 6.07) is 4.10. The predicted octanol–water partition coefficient (Wildman–Crippen LogP) is 3.86. The van der Waals surface area contributed by atoms with E-state index in [-0.39, 0.29) is 16.3 Å². The molecule has 0 unspecified atom stereocenters. The smallest absolute Gasteiger partial charge is 0.278 e. The molecule has 2 rings (SSSR count). The van der Waals surface area contributed by atoms with Crippen LogP contribution in [0.15, 0.2) is 41.6 Å². The first-order valence-corrected chi connectivity index (χ1v) is 7.77. The van der Waals surface area contributed by atoms with Gasteiger partial charge in [0, 0.05) is 6.20 Å². The molecule has 0 fully saturated rings. The summed E-state index contributed by atoms with van der Waals surface area (Å²) in [5.41, 5.74) is -1.00. The van der Waals surface area contributed by atoms with E-state index in [0.29, 0.717) is 6.07 Å². The number of halogens is 4. The fourth-order valence-corrected chi connectivity index (χ4v) is 2.99. The lowest BCUT2D eigenvalue weighted by Gasteiger charge is -2.13. The Morgan fingerprint density at radius 3 is 2.45 bits per heavy atom. The third-order valence-electron chi connectivity index (χ3n) is 2.78. The zero-order valence-corrected chi connectivity index (χ0v) is 12.7. The summed E-state index contributed by atoms with van der Waals surface area (Å²) in [6.07, 6.45) is -2.14. The SMILES string of the molecule is Cc1ccc(S(=O)(=O)Nc2cncc(Cl)c2)cc1C(F)(F)F. The Morgan fingerprint density at radius 1 is 1.18 bits per heavy atom. The summed E-state index contributed by atoms with van der Waals surface area (Å²) in [7, 11) is -4.18. The van der Waals surface area contributed by atoms with Crippen molar-refractivity contribution in [2.24, 2.45) is 0 Å². The first-order chi connectivity index (χ1) is 10.1. The van der Waals surface area contributed by atoms with Crippen molar-refractivity contribution >= 4 is 27.3 Å². The van der Waals surface area contributed by atoms with Crippen LogP contribution < -0.4 is 4.72 Å². The summed E-state index contributed by atoms with van der Waals surface area (Å²) in [4.78, 5) is 3.20. The Bertz CT molecular complexity index is 807. The van der Waals surface area contributed by atoms with E-state index in [1.807, 2.05) is 0 Å². The monoisotopic (exact) mass is 350 g/mol. The van der Waals surface area contributed by atoms with E-state index in [4.69, 9.17) is 11.6 Å². The van der Waals surface area contributed by atoms with Gasteiger partial charge in [-0.15, -0.1) is 0 Å². The molecule has 0 aliphatic rings. The number of sulfonamides is 1. The number of aromatic nitrogens is 1.